The number of phenolic OH excluding ortho intramolecular Hbond substituents is 1. The van der Waals surface area contributed by atoms with Crippen molar-refractivity contribution in [2.75, 3.05) is 14.2 Å². The van der Waals surface area contributed by atoms with Gasteiger partial charge in [-0.1, -0.05) is 12.1 Å². The molecule has 0 aromatic heterocycles. The van der Waals surface area contributed by atoms with E-state index in [0.717, 1.165) is 0 Å². The first-order chi connectivity index (χ1) is 10.7. The van der Waals surface area contributed by atoms with Gasteiger partial charge in [0.2, 0.25) is 0 Å². The van der Waals surface area contributed by atoms with E-state index in [4.69, 9.17) is 9.47 Å². The first kappa shape index (κ1) is 15.4. The Hall–Kier alpha value is -3.02. The van der Waals surface area contributed by atoms with Crippen molar-refractivity contribution in [1.29, 1.82) is 0 Å². The van der Waals surface area contributed by atoms with Crippen molar-refractivity contribution in [3.8, 4) is 17.2 Å². The summed E-state index contributed by atoms with van der Waals surface area (Å²) in [6.45, 7) is 0. The number of hydrogen-bond donors (Lipinski definition) is 2. The zero-order valence-corrected chi connectivity index (χ0v) is 12.2. The lowest BCUT2D eigenvalue weighted by Gasteiger charge is -2.09. The average Bonchev–Trinajstić information content (AvgIpc) is 2.54. The molecule has 2 aromatic rings. The van der Waals surface area contributed by atoms with Crippen LogP contribution in [-0.2, 0) is 0 Å². The first-order valence-electron chi connectivity index (χ1n) is 6.49. The molecule has 0 radical (unpaired) electrons. The standard InChI is InChI=1S/C16H16N2O4/c1-21-14-8-4-6-12(15(14)22-2)10-17-18-16(20)11-5-3-7-13(19)9-11/h3-10,19H,1-2H3,(H,18,20)/b17-10+. The second-order valence-corrected chi connectivity index (χ2v) is 4.33. The predicted octanol–water partition coefficient (Wildman–Crippen LogP) is 2.17. The highest BCUT2D eigenvalue weighted by Crippen LogP contribution is 2.29. The number of carbonyl (C=O) groups is 1. The number of nitrogens with zero attached hydrogens (tertiary/aromatic N) is 1. The summed E-state index contributed by atoms with van der Waals surface area (Å²) in [7, 11) is 3.07. The second-order valence-electron chi connectivity index (χ2n) is 4.33. The molecule has 0 unspecified atom stereocenters. The number of hydrogen-bond acceptors (Lipinski definition) is 5. The summed E-state index contributed by atoms with van der Waals surface area (Å²) < 4.78 is 10.4. The minimum absolute atomic E-state index is 0.0195. The molecule has 2 aromatic carbocycles. The zero-order valence-electron chi connectivity index (χ0n) is 12.2. The van der Waals surface area contributed by atoms with Gasteiger partial charge in [0.25, 0.3) is 5.91 Å². The van der Waals surface area contributed by atoms with Gasteiger partial charge in [-0.2, -0.15) is 5.10 Å². The Kier molecular flexibility index (Phi) is 4.98. The highest BCUT2D eigenvalue weighted by molar-refractivity contribution is 5.95. The highest BCUT2D eigenvalue weighted by atomic mass is 16.5. The molecule has 114 valence electrons. The number of rotatable bonds is 5. The van der Waals surface area contributed by atoms with Crippen LogP contribution in [0.2, 0.25) is 0 Å². The van der Waals surface area contributed by atoms with Crippen LogP contribution < -0.4 is 14.9 Å². The molecule has 0 heterocycles. The van der Waals surface area contributed by atoms with Crippen LogP contribution in [0.15, 0.2) is 47.6 Å². The number of benzene rings is 2. The van der Waals surface area contributed by atoms with Gasteiger partial charge in [-0.05, 0) is 30.3 Å². The molecule has 22 heavy (non-hydrogen) atoms. The van der Waals surface area contributed by atoms with E-state index in [-0.39, 0.29) is 5.75 Å². The van der Waals surface area contributed by atoms with Crippen molar-refractivity contribution in [2.45, 2.75) is 0 Å². The number of ether oxygens (including phenoxy) is 2. The molecule has 6 nitrogen and oxygen atoms in total. The summed E-state index contributed by atoms with van der Waals surface area (Å²) in [4.78, 5) is 11.9. The van der Waals surface area contributed by atoms with Gasteiger partial charge in [0.1, 0.15) is 5.75 Å². The van der Waals surface area contributed by atoms with Crippen LogP contribution in [0.1, 0.15) is 15.9 Å². The second kappa shape index (κ2) is 7.12. The van der Waals surface area contributed by atoms with Gasteiger partial charge in [0, 0.05) is 11.1 Å². The third-order valence-corrected chi connectivity index (χ3v) is 2.91. The fourth-order valence-corrected chi connectivity index (χ4v) is 1.89. The average molecular weight is 300 g/mol. The Labute approximate surface area is 128 Å². The topological polar surface area (TPSA) is 80.2 Å². The van der Waals surface area contributed by atoms with Crippen molar-refractivity contribution in [3.05, 3.63) is 53.6 Å². The van der Waals surface area contributed by atoms with Gasteiger partial charge in [-0.3, -0.25) is 4.79 Å². The van der Waals surface area contributed by atoms with Crippen molar-refractivity contribution < 1.29 is 19.4 Å². The number of methoxy groups -OCH3 is 2. The molecule has 0 saturated carbocycles. The molecule has 2 N–H and O–H groups in total. The Morgan fingerprint density at radius 2 is 1.95 bits per heavy atom. The minimum Gasteiger partial charge on any atom is -0.508 e. The molecule has 0 aliphatic heterocycles. The third-order valence-electron chi connectivity index (χ3n) is 2.91. The fourth-order valence-electron chi connectivity index (χ4n) is 1.89. The SMILES string of the molecule is COc1cccc(/C=N/NC(=O)c2cccc(O)c2)c1OC. The molecular weight excluding hydrogens is 284 g/mol. The first-order valence-corrected chi connectivity index (χ1v) is 6.49. The largest absolute Gasteiger partial charge is 0.508 e. The monoisotopic (exact) mass is 300 g/mol. The quantitative estimate of drug-likeness (QED) is 0.655. The van der Waals surface area contributed by atoms with Crippen molar-refractivity contribution >= 4 is 12.1 Å². The van der Waals surface area contributed by atoms with Gasteiger partial charge >= 0.3 is 0 Å². The molecule has 0 bridgehead atoms. The zero-order chi connectivity index (χ0) is 15.9. The molecule has 2 rings (SSSR count). The molecular formula is C16H16N2O4. The van der Waals surface area contributed by atoms with Crippen LogP contribution in [0, 0.1) is 0 Å². The number of nitrogens with one attached hydrogen (secondary N) is 1. The summed E-state index contributed by atoms with van der Waals surface area (Å²) >= 11 is 0. The van der Waals surface area contributed by atoms with Gasteiger partial charge in [-0.15, -0.1) is 0 Å². The lowest BCUT2D eigenvalue weighted by Crippen LogP contribution is -2.17. The summed E-state index contributed by atoms with van der Waals surface area (Å²) in [6.07, 6.45) is 1.46. The number of carbonyl (C=O) groups excluding carboxylic acids is 1. The lowest BCUT2D eigenvalue weighted by molar-refractivity contribution is 0.0954. The van der Waals surface area contributed by atoms with Crippen molar-refractivity contribution in [3.63, 3.8) is 0 Å². The highest BCUT2D eigenvalue weighted by Gasteiger charge is 2.08. The number of para-hydroxylation sites is 1. The Morgan fingerprint density at radius 1 is 1.18 bits per heavy atom. The lowest BCUT2D eigenvalue weighted by atomic mass is 10.2. The van der Waals surface area contributed by atoms with Gasteiger partial charge < -0.3 is 14.6 Å². The van der Waals surface area contributed by atoms with E-state index in [1.54, 1.807) is 37.4 Å². The van der Waals surface area contributed by atoms with E-state index >= 15 is 0 Å². The number of phenols is 1. The predicted molar refractivity (Wildman–Crippen MR) is 82.7 cm³/mol. The van der Waals surface area contributed by atoms with E-state index in [1.807, 2.05) is 0 Å². The summed E-state index contributed by atoms with van der Waals surface area (Å²) in [5, 5.41) is 13.2. The summed E-state index contributed by atoms with van der Waals surface area (Å²) in [5.74, 6) is 0.700. The number of hydrazone groups is 1. The summed E-state index contributed by atoms with van der Waals surface area (Å²) in [6, 6.07) is 11.3. The Bertz CT molecular complexity index is 698. The van der Waals surface area contributed by atoms with E-state index in [9.17, 15) is 9.90 Å². The molecule has 0 aliphatic carbocycles. The molecule has 6 heteroatoms. The van der Waals surface area contributed by atoms with E-state index in [2.05, 4.69) is 10.5 Å². The third kappa shape index (κ3) is 3.54. The maximum atomic E-state index is 11.9. The molecule has 0 spiro atoms. The van der Waals surface area contributed by atoms with Crippen LogP contribution >= 0.6 is 0 Å². The number of aromatic hydroxyl groups is 1. The molecule has 0 saturated heterocycles. The maximum absolute atomic E-state index is 11.9. The maximum Gasteiger partial charge on any atom is 0.271 e. The molecule has 0 aliphatic rings. The molecule has 0 fully saturated rings. The van der Waals surface area contributed by atoms with Crippen LogP contribution in [-0.4, -0.2) is 31.4 Å². The van der Waals surface area contributed by atoms with Crippen LogP contribution in [0.5, 0.6) is 17.2 Å². The van der Waals surface area contributed by atoms with E-state index < -0.39 is 5.91 Å². The van der Waals surface area contributed by atoms with Gasteiger partial charge in [0.05, 0.1) is 20.4 Å². The molecule has 0 atom stereocenters. The normalized spacial score (nSPS) is 10.5. The minimum atomic E-state index is -0.422. The summed E-state index contributed by atoms with van der Waals surface area (Å²) in [5.41, 5.74) is 3.37. The van der Waals surface area contributed by atoms with E-state index in [1.165, 1.54) is 25.5 Å². The van der Waals surface area contributed by atoms with E-state index in [0.29, 0.717) is 22.6 Å². The molecule has 1 amide bonds. The van der Waals surface area contributed by atoms with Crippen LogP contribution in [0.3, 0.4) is 0 Å². The van der Waals surface area contributed by atoms with Crippen molar-refractivity contribution in [2.24, 2.45) is 5.10 Å². The van der Waals surface area contributed by atoms with Crippen LogP contribution in [0.25, 0.3) is 0 Å². The fraction of sp³-hybridized carbons (Fsp3) is 0.125. The van der Waals surface area contributed by atoms with Gasteiger partial charge in [0.15, 0.2) is 11.5 Å². The van der Waals surface area contributed by atoms with Crippen LogP contribution in [0.4, 0.5) is 0 Å². The van der Waals surface area contributed by atoms with Gasteiger partial charge in [-0.25, -0.2) is 5.43 Å². The smallest absolute Gasteiger partial charge is 0.271 e. The number of amides is 1. The Morgan fingerprint density at radius 3 is 2.64 bits per heavy atom. The van der Waals surface area contributed by atoms with Crippen molar-refractivity contribution in [1.82, 2.24) is 5.43 Å². The Balaban J connectivity index is 2.11.